The lowest BCUT2D eigenvalue weighted by Gasteiger charge is -2.34. The van der Waals surface area contributed by atoms with Crippen molar-refractivity contribution in [3.8, 4) is 0 Å². The summed E-state index contributed by atoms with van der Waals surface area (Å²) in [6, 6.07) is 8.45. The van der Waals surface area contributed by atoms with E-state index in [0.29, 0.717) is 11.7 Å². The number of benzene rings is 1. The maximum absolute atomic E-state index is 6.22. The molecule has 4 nitrogen and oxygen atoms in total. The summed E-state index contributed by atoms with van der Waals surface area (Å²) >= 11 is 1.72. The highest BCUT2D eigenvalue weighted by Crippen LogP contribution is 2.39. The van der Waals surface area contributed by atoms with E-state index < -0.39 is 0 Å². The fourth-order valence-corrected chi connectivity index (χ4v) is 3.15. The molecule has 1 aliphatic rings. The smallest absolute Gasteiger partial charge is 0.239 e. The number of hydrogen-bond donors (Lipinski definition) is 1. The molecule has 5 heteroatoms. The van der Waals surface area contributed by atoms with Gasteiger partial charge in [0.15, 0.2) is 5.82 Å². The fraction of sp³-hybridized carbons (Fsp3) is 0.467. The van der Waals surface area contributed by atoms with Crippen LogP contribution >= 0.6 is 11.8 Å². The standard InChI is InChI=1S/C15H19N3OS/c1-10-4-6-12(7-5-10)20-11(2)13-17-14(18-19-13)15(16)8-3-9-15/h4-7,11H,3,8-9,16H2,1-2H3. The van der Waals surface area contributed by atoms with Crippen LogP contribution in [0.5, 0.6) is 0 Å². The molecule has 3 rings (SSSR count). The van der Waals surface area contributed by atoms with Gasteiger partial charge in [-0.25, -0.2) is 0 Å². The Bertz CT molecular complexity index is 589. The van der Waals surface area contributed by atoms with Gasteiger partial charge in [0.2, 0.25) is 5.89 Å². The van der Waals surface area contributed by atoms with Crippen molar-refractivity contribution in [2.24, 2.45) is 5.73 Å². The Morgan fingerprint density at radius 3 is 2.60 bits per heavy atom. The molecule has 20 heavy (non-hydrogen) atoms. The molecule has 1 aromatic carbocycles. The molecular weight excluding hydrogens is 270 g/mol. The summed E-state index contributed by atoms with van der Waals surface area (Å²) in [7, 11) is 0. The molecule has 1 saturated carbocycles. The van der Waals surface area contributed by atoms with Gasteiger partial charge in [0.1, 0.15) is 0 Å². The molecule has 106 valence electrons. The summed E-state index contributed by atoms with van der Waals surface area (Å²) in [4.78, 5) is 5.70. The highest BCUT2D eigenvalue weighted by molar-refractivity contribution is 7.99. The first-order chi connectivity index (χ1) is 9.57. The van der Waals surface area contributed by atoms with E-state index in [1.54, 1.807) is 11.8 Å². The highest BCUT2D eigenvalue weighted by atomic mass is 32.2. The predicted molar refractivity (Wildman–Crippen MR) is 79.5 cm³/mol. The highest BCUT2D eigenvalue weighted by Gasteiger charge is 2.39. The SMILES string of the molecule is Cc1ccc(SC(C)c2nc(C3(N)CCC3)no2)cc1. The summed E-state index contributed by atoms with van der Waals surface area (Å²) in [6.07, 6.45) is 3.05. The third-order valence-corrected chi connectivity index (χ3v) is 4.91. The summed E-state index contributed by atoms with van der Waals surface area (Å²) in [6.45, 7) is 4.16. The summed E-state index contributed by atoms with van der Waals surface area (Å²) in [5, 5.41) is 4.19. The molecule has 0 aliphatic heterocycles. The third-order valence-electron chi connectivity index (χ3n) is 3.81. The van der Waals surface area contributed by atoms with Crippen LogP contribution in [0.4, 0.5) is 0 Å². The molecule has 2 aromatic rings. The van der Waals surface area contributed by atoms with Crippen LogP contribution in [0, 0.1) is 6.92 Å². The van der Waals surface area contributed by atoms with Gasteiger partial charge in [-0.3, -0.25) is 0 Å². The fourth-order valence-electron chi connectivity index (χ4n) is 2.26. The zero-order valence-corrected chi connectivity index (χ0v) is 12.6. The van der Waals surface area contributed by atoms with Crippen molar-refractivity contribution in [2.45, 2.75) is 48.8 Å². The van der Waals surface area contributed by atoms with Crippen LogP contribution in [0.3, 0.4) is 0 Å². The van der Waals surface area contributed by atoms with Crippen molar-refractivity contribution >= 4 is 11.8 Å². The molecule has 2 N–H and O–H groups in total. The summed E-state index contributed by atoms with van der Waals surface area (Å²) < 4.78 is 5.38. The molecule has 1 unspecified atom stereocenters. The zero-order valence-electron chi connectivity index (χ0n) is 11.8. The lowest BCUT2D eigenvalue weighted by molar-refractivity contribution is 0.229. The number of hydrogen-bond acceptors (Lipinski definition) is 5. The van der Waals surface area contributed by atoms with E-state index in [9.17, 15) is 0 Å². The van der Waals surface area contributed by atoms with Crippen molar-refractivity contribution in [3.05, 3.63) is 41.5 Å². The molecule has 1 fully saturated rings. The molecular formula is C15H19N3OS. The second kappa shape index (κ2) is 5.22. The number of rotatable bonds is 4. The van der Waals surface area contributed by atoms with Crippen LogP contribution in [0.2, 0.25) is 0 Å². The van der Waals surface area contributed by atoms with Gasteiger partial charge < -0.3 is 10.3 Å². The second-order valence-electron chi connectivity index (χ2n) is 5.54. The maximum atomic E-state index is 6.22. The number of thioether (sulfide) groups is 1. The van der Waals surface area contributed by atoms with Gasteiger partial charge in [0, 0.05) is 4.90 Å². The normalized spacial score (nSPS) is 18.6. The summed E-state index contributed by atoms with van der Waals surface area (Å²) in [5.74, 6) is 1.32. The van der Waals surface area contributed by atoms with Gasteiger partial charge >= 0.3 is 0 Å². The first kappa shape index (κ1) is 13.6. The molecule has 0 saturated heterocycles. The molecule has 1 aliphatic carbocycles. The van der Waals surface area contributed by atoms with Gasteiger partial charge in [-0.2, -0.15) is 4.98 Å². The lowest BCUT2D eigenvalue weighted by atomic mass is 9.77. The van der Waals surface area contributed by atoms with Gasteiger partial charge in [-0.1, -0.05) is 22.9 Å². The van der Waals surface area contributed by atoms with Crippen LogP contribution in [0.15, 0.2) is 33.7 Å². The van der Waals surface area contributed by atoms with Crippen LogP contribution in [-0.4, -0.2) is 10.1 Å². The Kier molecular flexibility index (Phi) is 3.56. The molecule has 0 spiro atoms. The quantitative estimate of drug-likeness (QED) is 0.872. The topological polar surface area (TPSA) is 64.9 Å². The van der Waals surface area contributed by atoms with Gasteiger partial charge in [-0.05, 0) is 45.2 Å². The van der Waals surface area contributed by atoms with Crippen LogP contribution in [-0.2, 0) is 5.54 Å². The Morgan fingerprint density at radius 1 is 1.30 bits per heavy atom. The van der Waals surface area contributed by atoms with E-state index in [4.69, 9.17) is 10.3 Å². The minimum atomic E-state index is -0.351. The van der Waals surface area contributed by atoms with Crippen LogP contribution in [0.1, 0.15) is 48.7 Å². The van der Waals surface area contributed by atoms with Crippen LogP contribution in [0.25, 0.3) is 0 Å². The Morgan fingerprint density at radius 2 is 2.00 bits per heavy atom. The zero-order chi connectivity index (χ0) is 14.2. The average Bonchev–Trinajstić information content (AvgIpc) is 2.89. The predicted octanol–water partition coefficient (Wildman–Crippen LogP) is 3.57. The molecule has 0 amide bonds. The van der Waals surface area contributed by atoms with E-state index in [-0.39, 0.29) is 10.8 Å². The minimum absolute atomic E-state index is 0.127. The van der Waals surface area contributed by atoms with Crippen molar-refractivity contribution in [2.75, 3.05) is 0 Å². The number of aromatic nitrogens is 2. The van der Waals surface area contributed by atoms with E-state index in [0.717, 1.165) is 19.3 Å². The Hall–Kier alpha value is -1.33. The largest absolute Gasteiger partial charge is 0.338 e. The molecule has 1 aromatic heterocycles. The lowest BCUT2D eigenvalue weighted by Crippen LogP contribution is -2.44. The number of nitrogens with zero attached hydrogens (tertiary/aromatic N) is 2. The van der Waals surface area contributed by atoms with Crippen molar-refractivity contribution in [3.63, 3.8) is 0 Å². The average molecular weight is 289 g/mol. The number of aryl methyl sites for hydroxylation is 1. The van der Waals surface area contributed by atoms with E-state index in [1.165, 1.54) is 10.5 Å². The molecule has 1 atom stereocenters. The summed E-state index contributed by atoms with van der Waals surface area (Å²) in [5.41, 5.74) is 7.13. The van der Waals surface area contributed by atoms with Gasteiger partial charge in [-0.15, -0.1) is 11.8 Å². The second-order valence-corrected chi connectivity index (χ2v) is 6.95. The Labute approximate surface area is 123 Å². The van der Waals surface area contributed by atoms with Crippen LogP contribution < -0.4 is 5.73 Å². The van der Waals surface area contributed by atoms with Crippen molar-refractivity contribution in [1.29, 1.82) is 0 Å². The maximum Gasteiger partial charge on any atom is 0.239 e. The van der Waals surface area contributed by atoms with Gasteiger partial charge in [0.25, 0.3) is 0 Å². The molecule has 0 radical (unpaired) electrons. The van der Waals surface area contributed by atoms with Crippen molar-refractivity contribution < 1.29 is 4.52 Å². The Balaban J connectivity index is 1.71. The van der Waals surface area contributed by atoms with E-state index in [1.807, 2.05) is 0 Å². The van der Waals surface area contributed by atoms with Crippen molar-refractivity contribution in [1.82, 2.24) is 10.1 Å². The third kappa shape index (κ3) is 2.60. The first-order valence-electron chi connectivity index (χ1n) is 6.93. The monoisotopic (exact) mass is 289 g/mol. The minimum Gasteiger partial charge on any atom is -0.338 e. The van der Waals surface area contributed by atoms with E-state index in [2.05, 4.69) is 48.3 Å². The van der Waals surface area contributed by atoms with Gasteiger partial charge in [0.05, 0.1) is 10.8 Å². The molecule has 1 heterocycles. The van der Waals surface area contributed by atoms with E-state index >= 15 is 0 Å². The molecule has 0 bridgehead atoms. The first-order valence-corrected chi connectivity index (χ1v) is 7.81. The number of nitrogens with two attached hydrogens (primary N) is 1.